The molecule has 0 aliphatic carbocycles. The molecule has 2 atom stereocenters. The molecule has 5 nitrogen and oxygen atoms in total. The molecule has 138 valence electrons. The second-order valence-electron chi connectivity index (χ2n) is 7.54. The molecule has 25 heavy (non-hydrogen) atoms. The summed E-state index contributed by atoms with van der Waals surface area (Å²) in [7, 11) is 1.68. The van der Waals surface area contributed by atoms with Gasteiger partial charge in [0.15, 0.2) is 0 Å². The highest BCUT2D eigenvalue weighted by Gasteiger charge is 2.34. The van der Waals surface area contributed by atoms with E-state index in [1.54, 1.807) is 7.11 Å². The van der Waals surface area contributed by atoms with E-state index < -0.39 is 0 Å². The third-order valence-corrected chi connectivity index (χ3v) is 5.50. The summed E-state index contributed by atoms with van der Waals surface area (Å²) in [5, 5.41) is 3.47. The first-order valence-electron chi connectivity index (χ1n) is 9.48. The first-order chi connectivity index (χ1) is 12.1. The maximum Gasteiger partial charge on any atom is 0.244 e. The molecule has 0 saturated carbocycles. The Hall–Kier alpha value is -1.59. The number of nitrogens with one attached hydrogen (secondary N) is 1. The molecule has 2 aliphatic heterocycles. The van der Waals surface area contributed by atoms with Crippen LogP contribution in [0.4, 0.5) is 0 Å². The number of piperazine rings is 1. The largest absolute Gasteiger partial charge is 0.497 e. The minimum atomic E-state index is -0.215. The third-order valence-electron chi connectivity index (χ3n) is 5.50. The number of carbonyl (C=O) groups excluding carboxylic acids is 1. The number of likely N-dealkylation sites (tertiary alicyclic amines) is 1. The standard InChI is InChI=1S/C20H31N3O2/c1-15-7-10-22(11-8-15)20(24)19(23-12-9-21-16(2)14-23)17-5-4-6-18(13-17)25-3/h4-6,13,15-16,19,21H,7-12,14H2,1-3H3. The van der Waals surface area contributed by atoms with E-state index >= 15 is 0 Å². The predicted molar refractivity (Wildman–Crippen MR) is 99.8 cm³/mol. The summed E-state index contributed by atoms with van der Waals surface area (Å²) >= 11 is 0. The van der Waals surface area contributed by atoms with E-state index in [-0.39, 0.29) is 11.9 Å². The van der Waals surface area contributed by atoms with E-state index in [1.807, 2.05) is 18.2 Å². The smallest absolute Gasteiger partial charge is 0.244 e. The predicted octanol–water partition coefficient (Wildman–Crippen LogP) is 2.29. The zero-order chi connectivity index (χ0) is 17.8. The topological polar surface area (TPSA) is 44.8 Å². The van der Waals surface area contributed by atoms with Crippen LogP contribution in [0.15, 0.2) is 24.3 Å². The molecule has 2 fully saturated rings. The molecule has 0 radical (unpaired) electrons. The Morgan fingerprint density at radius 1 is 1.24 bits per heavy atom. The number of carbonyl (C=O) groups is 1. The Kier molecular flexibility index (Phi) is 5.97. The van der Waals surface area contributed by atoms with E-state index in [0.717, 1.165) is 62.8 Å². The molecule has 1 N–H and O–H groups in total. The van der Waals surface area contributed by atoms with Gasteiger partial charge in [-0.1, -0.05) is 19.1 Å². The summed E-state index contributed by atoms with van der Waals surface area (Å²) in [6, 6.07) is 8.18. The summed E-state index contributed by atoms with van der Waals surface area (Å²) in [6.45, 7) is 8.91. The van der Waals surface area contributed by atoms with Crippen molar-refractivity contribution >= 4 is 5.91 Å². The van der Waals surface area contributed by atoms with Crippen molar-refractivity contribution in [3.8, 4) is 5.75 Å². The van der Waals surface area contributed by atoms with E-state index in [2.05, 4.69) is 35.0 Å². The highest BCUT2D eigenvalue weighted by atomic mass is 16.5. The first-order valence-corrected chi connectivity index (χ1v) is 9.48. The van der Waals surface area contributed by atoms with Crippen molar-refractivity contribution in [2.75, 3.05) is 39.8 Å². The van der Waals surface area contributed by atoms with Crippen LogP contribution >= 0.6 is 0 Å². The van der Waals surface area contributed by atoms with Gasteiger partial charge in [0.1, 0.15) is 11.8 Å². The zero-order valence-corrected chi connectivity index (χ0v) is 15.7. The Morgan fingerprint density at radius 3 is 2.68 bits per heavy atom. The second kappa shape index (κ2) is 8.19. The Morgan fingerprint density at radius 2 is 2.00 bits per heavy atom. The van der Waals surface area contributed by atoms with Crippen LogP contribution in [0.2, 0.25) is 0 Å². The van der Waals surface area contributed by atoms with Crippen LogP contribution in [0.5, 0.6) is 5.75 Å². The van der Waals surface area contributed by atoms with Gasteiger partial charge in [-0.25, -0.2) is 0 Å². The molecule has 0 bridgehead atoms. The van der Waals surface area contributed by atoms with Gasteiger partial charge in [0.05, 0.1) is 7.11 Å². The summed E-state index contributed by atoms with van der Waals surface area (Å²) in [5.74, 6) is 1.78. The molecule has 5 heteroatoms. The lowest BCUT2D eigenvalue weighted by Gasteiger charge is -2.40. The quantitative estimate of drug-likeness (QED) is 0.909. The van der Waals surface area contributed by atoms with Crippen molar-refractivity contribution in [1.82, 2.24) is 15.1 Å². The number of hydrogen-bond donors (Lipinski definition) is 1. The van der Waals surface area contributed by atoms with E-state index in [0.29, 0.717) is 6.04 Å². The third kappa shape index (κ3) is 4.33. The number of hydrogen-bond acceptors (Lipinski definition) is 4. The van der Waals surface area contributed by atoms with E-state index in [1.165, 1.54) is 0 Å². The lowest BCUT2D eigenvalue weighted by Crippen LogP contribution is -2.54. The summed E-state index contributed by atoms with van der Waals surface area (Å²) < 4.78 is 5.40. The van der Waals surface area contributed by atoms with Gasteiger partial charge in [0, 0.05) is 38.8 Å². The summed E-state index contributed by atoms with van der Waals surface area (Å²) in [6.07, 6.45) is 2.21. The number of piperidine rings is 1. The maximum absolute atomic E-state index is 13.4. The number of ether oxygens (including phenoxy) is 1. The van der Waals surface area contributed by atoms with Crippen LogP contribution in [0, 0.1) is 5.92 Å². The van der Waals surface area contributed by atoms with E-state index in [4.69, 9.17) is 4.74 Å². The molecule has 2 unspecified atom stereocenters. The lowest BCUT2D eigenvalue weighted by molar-refractivity contribution is -0.139. The maximum atomic E-state index is 13.4. The van der Waals surface area contributed by atoms with Crippen LogP contribution in [0.3, 0.4) is 0 Å². The Labute approximate surface area is 151 Å². The first kappa shape index (κ1) is 18.2. The molecule has 0 aromatic heterocycles. The van der Waals surface area contributed by atoms with Crippen molar-refractivity contribution in [2.45, 2.75) is 38.8 Å². The average Bonchev–Trinajstić information content (AvgIpc) is 2.63. The zero-order valence-electron chi connectivity index (χ0n) is 15.7. The van der Waals surface area contributed by atoms with Crippen molar-refractivity contribution < 1.29 is 9.53 Å². The fourth-order valence-corrected chi connectivity index (χ4v) is 3.92. The minimum absolute atomic E-state index is 0.215. The molecular weight excluding hydrogens is 314 g/mol. The molecule has 2 heterocycles. The normalized spacial score (nSPS) is 24.1. The fourth-order valence-electron chi connectivity index (χ4n) is 3.92. The van der Waals surface area contributed by atoms with Crippen LogP contribution < -0.4 is 10.1 Å². The van der Waals surface area contributed by atoms with Crippen LogP contribution in [0.1, 0.15) is 38.3 Å². The molecule has 1 amide bonds. The molecule has 2 aliphatic rings. The molecule has 0 spiro atoms. The van der Waals surface area contributed by atoms with Gasteiger partial charge in [-0.05, 0) is 43.4 Å². The van der Waals surface area contributed by atoms with Gasteiger partial charge in [-0.2, -0.15) is 0 Å². The van der Waals surface area contributed by atoms with Crippen LogP contribution in [-0.2, 0) is 4.79 Å². The van der Waals surface area contributed by atoms with Gasteiger partial charge < -0.3 is 15.0 Å². The van der Waals surface area contributed by atoms with Crippen molar-refractivity contribution in [3.63, 3.8) is 0 Å². The number of methoxy groups -OCH3 is 1. The number of amides is 1. The number of benzene rings is 1. The molecule has 1 aromatic rings. The van der Waals surface area contributed by atoms with Gasteiger partial charge in [0.25, 0.3) is 0 Å². The highest BCUT2D eigenvalue weighted by molar-refractivity contribution is 5.83. The van der Waals surface area contributed by atoms with Gasteiger partial charge in [-0.15, -0.1) is 0 Å². The Balaban J connectivity index is 1.86. The Bertz CT molecular complexity index is 584. The molecule has 3 rings (SSSR count). The fraction of sp³-hybridized carbons (Fsp3) is 0.650. The van der Waals surface area contributed by atoms with Gasteiger partial charge in [0.2, 0.25) is 5.91 Å². The highest BCUT2D eigenvalue weighted by Crippen LogP contribution is 2.29. The van der Waals surface area contributed by atoms with Gasteiger partial charge >= 0.3 is 0 Å². The molecule has 1 aromatic carbocycles. The second-order valence-corrected chi connectivity index (χ2v) is 7.54. The number of nitrogens with zero attached hydrogens (tertiary/aromatic N) is 2. The minimum Gasteiger partial charge on any atom is -0.497 e. The van der Waals surface area contributed by atoms with Crippen molar-refractivity contribution in [2.24, 2.45) is 5.92 Å². The summed E-state index contributed by atoms with van der Waals surface area (Å²) in [5.41, 5.74) is 1.04. The molecule has 2 saturated heterocycles. The van der Waals surface area contributed by atoms with Crippen LogP contribution in [0.25, 0.3) is 0 Å². The van der Waals surface area contributed by atoms with Crippen molar-refractivity contribution in [1.29, 1.82) is 0 Å². The monoisotopic (exact) mass is 345 g/mol. The van der Waals surface area contributed by atoms with Crippen molar-refractivity contribution in [3.05, 3.63) is 29.8 Å². The SMILES string of the molecule is COc1cccc(C(C(=O)N2CCC(C)CC2)N2CCNC(C)C2)c1. The van der Waals surface area contributed by atoms with Gasteiger partial charge in [-0.3, -0.25) is 9.69 Å². The average molecular weight is 345 g/mol. The van der Waals surface area contributed by atoms with E-state index in [9.17, 15) is 4.79 Å². The molecular formula is C20H31N3O2. The number of rotatable bonds is 4. The van der Waals surface area contributed by atoms with Crippen LogP contribution in [-0.4, -0.2) is 61.6 Å². The summed E-state index contributed by atoms with van der Waals surface area (Å²) in [4.78, 5) is 17.8. The lowest BCUT2D eigenvalue weighted by atomic mass is 9.96.